The number of carbonyl (C=O) groups excluding carboxylic acids is 1. The first-order valence-electron chi connectivity index (χ1n) is 2.55. The number of rotatable bonds is 2. The van der Waals surface area contributed by atoms with E-state index in [2.05, 4.69) is 29.2 Å². The van der Waals surface area contributed by atoms with Crippen LogP contribution < -0.4 is 0 Å². The molecule has 1 amide bonds. The highest BCUT2D eigenvalue weighted by molar-refractivity contribution is 14.1. The third-order valence-electron chi connectivity index (χ3n) is 0.870. The fraction of sp³-hybridized carbons (Fsp3) is 0.500. The Morgan fingerprint density at radius 3 is 2.22 bits per heavy atom. The molecule has 0 fully saturated rings. The van der Waals surface area contributed by atoms with Crippen molar-refractivity contribution in [3.63, 3.8) is 0 Å². The van der Waals surface area contributed by atoms with E-state index in [9.17, 15) is 4.79 Å². The SMILES string of the molecule is C=C(CI)C(=O)N(C)C. The maximum absolute atomic E-state index is 10.9. The van der Waals surface area contributed by atoms with Crippen molar-refractivity contribution >= 4 is 28.5 Å². The van der Waals surface area contributed by atoms with E-state index in [1.165, 1.54) is 4.90 Å². The summed E-state index contributed by atoms with van der Waals surface area (Å²) in [6.07, 6.45) is 0. The molecular weight excluding hydrogens is 229 g/mol. The lowest BCUT2D eigenvalue weighted by Gasteiger charge is -2.09. The third-order valence-corrected chi connectivity index (χ3v) is 1.79. The molecule has 0 unspecified atom stereocenters. The van der Waals surface area contributed by atoms with Gasteiger partial charge in [-0.25, -0.2) is 0 Å². The molecule has 9 heavy (non-hydrogen) atoms. The molecule has 0 aliphatic rings. The van der Waals surface area contributed by atoms with E-state index in [0.717, 1.165) is 0 Å². The van der Waals surface area contributed by atoms with Crippen LogP contribution in [-0.4, -0.2) is 29.3 Å². The molecule has 0 aromatic rings. The highest BCUT2D eigenvalue weighted by atomic mass is 127. The van der Waals surface area contributed by atoms with Gasteiger partial charge in [0.25, 0.3) is 0 Å². The van der Waals surface area contributed by atoms with Gasteiger partial charge in [0.05, 0.1) is 0 Å². The van der Waals surface area contributed by atoms with Crippen LogP contribution in [0.25, 0.3) is 0 Å². The van der Waals surface area contributed by atoms with Crippen molar-refractivity contribution in [2.24, 2.45) is 0 Å². The van der Waals surface area contributed by atoms with E-state index >= 15 is 0 Å². The third kappa shape index (κ3) is 2.84. The maximum Gasteiger partial charge on any atom is 0.249 e. The van der Waals surface area contributed by atoms with Crippen molar-refractivity contribution in [1.82, 2.24) is 4.90 Å². The number of nitrogens with zero attached hydrogens (tertiary/aromatic N) is 1. The molecule has 0 rings (SSSR count). The van der Waals surface area contributed by atoms with E-state index in [-0.39, 0.29) is 5.91 Å². The number of carbonyl (C=O) groups is 1. The summed E-state index contributed by atoms with van der Waals surface area (Å²) in [6.45, 7) is 3.60. The fourth-order valence-corrected chi connectivity index (χ4v) is 0.700. The Morgan fingerprint density at radius 1 is 1.67 bits per heavy atom. The summed E-state index contributed by atoms with van der Waals surface area (Å²) in [6, 6.07) is 0. The van der Waals surface area contributed by atoms with Crippen molar-refractivity contribution in [2.75, 3.05) is 18.5 Å². The predicted octanol–water partition coefficient (Wildman–Crippen LogP) is 1.07. The second-order valence-electron chi connectivity index (χ2n) is 1.94. The lowest BCUT2D eigenvalue weighted by Crippen LogP contribution is -2.23. The Balaban J connectivity index is 3.89. The largest absolute Gasteiger partial charge is 0.345 e. The van der Waals surface area contributed by atoms with Crippen molar-refractivity contribution in [3.05, 3.63) is 12.2 Å². The average molecular weight is 239 g/mol. The van der Waals surface area contributed by atoms with Crippen LogP contribution >= 0.6 is 22.6 Å². The van der Waals surface area contributed by atoms with E-state index in [1.807, 2.05) is 0 Å². The van der Waals surface area contributed by atoms with Crippen LogP contribution in [0.15, 0.2) is 12.2 Å². The van der Waals surface area contributed by atoms with Gasteiger partial charge >= 0.3 is 0 Å². The maximum atomic E-state index is 10.9. The number of hydrogen-bond donors (Lipinski definition) is 0. The van der Waals surface area contributed by atoms with Gasteiger partial charge in [-0.1, -0.05) is 29.2 Å². The average Bonchev–Trinajstić information content (AvgIpc) is 1.84. The second kappa shape index (κ2) is 3.87. The van der Waals surface area contributed by atoms with Gasteiger partial charge in [-0.15, -0.1) is 0 Å². The molecular formula is C6H10INO. The Labute approximate surface area is 69.1 Å². The topological polar surface area (TPSA) is 20.3 Å². The van der Waals surface area contributed by atoms with Gasteiger partial charge in [0.15, 0.2) is 0 Å². The molecule has 0 saturated heterocycles. The Bertz CT molecular complexity index is 131. The van der Waals surface area contributed by atoms with Crippen LogP contribution in [0.1, 0.15) is 0 Å². The molecule has 0 aromatic carbocycles. The van der Waals surface area contributed by atoms with E-state index in [4.69, 9.17) is 0 Å². The summed E-state index contributed by atoms with van der Waals surface area (Å²) in [5, 5.41) is 0. The van der Waals surface area contributed by atoms with Crippen molar-refractivity contribution in [2.45, 2.75) is 0 Å². The number of hydrogen-bond acceptors (Lipinski definition) is 1. The van der Waals surface area contributed by atoms with Gasteiger partial charge in [-0.3, -0.25) is 4.79 Å². The number of halogens is 1. The lowest BCUT2D eigenvalue weighted by atomic mass is 10.3. The molecule has 0 saturated carbocycles. The van der Waals surface area contributed by atoms with Gasteiger partial charge in [0, 0.05) is 24.1 Å². The molecule has 2 nitrogen and oxygen atoms in total. The quantitative estimate of drug-likeness (QED) is 0.401. The van der Waals surface area contributed by atoms with Crippen molar-refractivity contribution in [1.29, 1.82) is 0 Å². The van der Waals surface area contributed by atoms with Crippen LogP contribution in [0.5, 0.6) is 0 Å². The second-order valence-corrected chi connectivity index (χ2v) is 2.70. The van der Waals surface area contributed by atoms with Crippen LogP contribution in [0.4, 0.5) is 0 Å². The molecule has 0 N–H and O–H groups in total. The van der Waals surface area contributed by atoms with Crippen molar-refractivity contribution in [3.8, 4) is 0 Å². The Kier molecular flexibility index (Phi) is 3.84. The zero-order valence-electron chi connectivity index (χ0n) is 5.65. The minimum absolute atomic E-state index is 0.0180. The number of amides is 1. The molecule has 0 heterocycles. The zero-order chi connectivity index (χ0) is 7.44. The summed E-state index contributed by atoms with van der Waals surface area (Å²) in [5.41, 5.74) is 0.653. The normalized spacial score (nSPS) is 8.78. The van der Waals surface area contributed by atoms with Crippen LogP contribution in [0.2, 0.25) is 0 Å². The van der Waals surface area contributed by atoms with Crippen LogP contribution in [0.3, 0.4) is 0 Å². The minimum atomic E-state index is 0.0180. The first-order valence-corrected chi connectivity index (χ1v) is 4.07. The monoisotopic (exact) mass is 239 g/mol. The van der Waals surface area contributed by atoms with E-state index in [0.29, 0.717) is 10.0 Å². The summed E-state index contributed by atoms with van der Waals surface area (Å²) < 4.78 is 0.703. The van der Waals surface area contributed by atoms with Crippen LogP contribution in [0, 0.1) is 0 Å². The molecule has 0 spiro atoms. The zero-order valence-corrected chi connectivity index (χ0v) is 7.81. The first-order chi connectivity index (χ1) is 4.09. The van der Waals surface area contributed by atoms with Gasteiger partial charge in [-0.2, -0.15) is 0 Å². The molecule has 3 heteroatoms. The van der Waals surface area contributed by atoms with E-state index < -0.39 is 0 Å². The number of alkyl halides is 1. The molecule has 52 valence electrons. The molecule has 0 atom stereocenters. The summed E-state index contributed by atoms with van der Waals surface area (Å²) in [4.78, 5) is 12.4. The predicted molar refractivity (Wildman–Crippen MR) is 46.7 cm³/mol. The molecule has 0 aliphatic heterocycles. The Morgan fingerprint density at radius 2 is 2.11 bits per heavy atom. The Hall–Kier alpha value is -0.0600. The fourth-order valence-electron chi connectivity index (χ4n) is 0.373. The standard InChI is InChI=1S/C6H10INO/c1-5(4-7)6(9)8(2)3/h1,4H2,2-3H3. The molecule has 0 aromatic heterocycles. The van der Waals surface area contributed by atoms with Crippen LogP contribution in [-0.2, 0) is 4.79 Å². The lowest BCUT2D eigenvalue weighted by molar-refractivity contribution is -0.124. The van der Waals surface area contributed by atoms with Gasteiger partial charge < -0.3 is 4.90 Å². The smallest absolute Gasteiger partial charge is 0.249 e. The van der Waals surface area contributed by atoms with Gasteiger partial charge in [0.1, 0.15) is 0 Å². The summed E-state index contributed by atoms with van der Waals surface area (Å²) in [7, 11) is 3.44. The molecule has 0 aliphatic carbocycles. The number of likely N-dealkylation sites (N-methyl/N-ethyl adjacent to an activating group) is 1. The summed E-state index contributed by atoms with van der Waals surface area (Å²) >= 11 is 2.11. The van der Waals surface area contributed by atoms with E-state index in [1.54, 1.807) is 14.1 Å². The highest BCUT2D eigenvalue weighted by Crippen LogP contribution is 1.99. The summed E-state index contributed by atoms with van der Waals surface area (Å²) in [5.74, 6) is 0.0180. The minimum Gasteiger partial charge on any atom is -0.345 e. The molecule has 0 radical (unpaired) electrons. The van der Waals surface area contributed by atoms with Crippen molar-refractivity contribution < 1.29 is 4.79 Å². The first kappa shape index (κ1) is 8.94. The van der Waals surface area contributed by atoms with Gasteiger partial charge in [0.2, 0.25) is 5.91 Å². The van der Waals surface area contributed by atoms with Gasteiger partial charge in [-0.05, 0) is 0 Å². The molecule has 0 bridgehead atoms. The highest BCUT2D eigenvalue weighted by Gasteiger charge is 2.05.